The highest BCUT2D eigenvalue weighted by atomic mass is 19.4. The van der Waals surface area contributed by atoms with Crippen LogP contribution in [0.2, 0.25) is 0 Å². The number of halogens is 3. The predicted octanol–water partition coefficient (Wildman–Crippen LogP) is 3.01. The largest absolute Gasteiger partial charge is 0.407 e. The maximum Gasteiger partial charge on any atom is 0.407 e. The van der Waals surface area contributed by atoms with Gasteiger partial charge in [0.25, 0.3) is 0 Å². The van der Waals surface area contributed by atoms with Crippen LogP contribution >= 0.6 is 0 Å². The number of alkyl halides is 3. The number of nitrogens with zero attached hydrogens (tertiary/aromatic N) is 4. The van der Waals surface area contributed by atoms with E-state index in [4.69, 9.17) is 0 Å². The van der Waals surface area contributed by atoms with Gasteiger partial charge in [-0.15, -0.1) is 0 Å². The summed E-state index contributed by atoms with van der Waals surface area (Å²) in [6.45, 7) is 2.19. The molecule has 0 radical (unpaired) electrons. The van der Waals surface area contributed by atoms with Gasteiger partial charge >= 0.3 is 6.18 Å². The second-order valence-corrected chi connectivity index (χ2v) is 3.89. The number of imidazole rings is 1. The van der Waals surface area contributed by atoms with E-state index in [0.717, 1.165) is 6.21 Å². The molecule has 0 bridgehead atoms. The van der Waals surface area contributed by atoms with Crippen LogP contribution in [0.3, 0.4) is 0 Å². The van der Waals surface area contributed by atoms with Gasteiger partial charge in [0.2, 0.25) is 0 Å². The zero-order valence-electron chi connectivity index (χ0n) is 10.4. The third-order valence-corrected chi connectivity index (χ3v) is 2.46. The minimum atomic E-state index is -4.31. The summed E-state index contributed by atoms with van der Waals surface area (Å²) in [6, 6.07) is 5.46. The van der Waals surface area contributed by atoms with E-state index in [-0.39, 0.29) is 0 Å². The van der Waals surface area contributed by atoms with Gasteiger partial charge in [-0.1, -0.05) is 6.07 Å². The predicted molar refractivity (Wildman–Crippen MR) is 72.1 cm³/mol. The normalized spacial score (nSPS) is 13.2. The van der Waals surface area contributed by atoms with Crippen molar-refractivity contribution < 1.29 is 13.2 Å². The lowest BCUT2D eigenvalue weighted by Crippen LogP contribution is -2.11. The van der Waals surface area contributed by atoms with Crippen LogP contribution < -0.4 is 0 Å². The van der Waals surface area contributed by atoms with E-state index in [0.29, 0.717) is 17.0 Å². The van der Waals surface area contributed by atoms with Gasteiger partial charge < -0.3 is 0 Å². The zero-order valence-corrected chi connectivity index (χ0v) is 10.4. The number of hydrogen-bond acceptors (Lipinski definition) is 3. The Kier molecular flexibility index (Phi) is 3.97. The molecule has 0 aromatic carbocycles. The molecule has 104 valence electrons. The third-order valence-electron chi connectivity index (χ3n) is 2.46. The van der Waals surface area contributed by atoms with Crippen molar-refractivity contribution in [1.82, 2.24) is 9.38 Å². The lowest BCUT2D eigenvalue weighted by Gasteiger charge is -2.01. The van der Waals surface area contributed by atoms with Crippen LogP contribution in [0.5, 0.6) is 0 Å². The van der Waals surface area contributed by atoms with E-state index in [1.165, 1.54) is 6.08 Å². The second-order valence-electron chi connectivity index (χ2n) is 3.89. The van der Waals surface area contributed by atoms with Crippen LogP contribution in [0.1, 0.15) is 5.69 Å². The van der Waals surface area contributed by atoms with Gasteiger partial charge in [-0.2, -0.15) is 13.2 Å². The van der Waals surface area contributed by atoms with Crippen molar-refractivity contribution in [2.75, 3.05) is 6.54 Å². The summed E-state index contributed by atoms with van der Waals surface area (Å²) in [5.41, 5.74) is 1.74. The van der Waals surface area contributed by atoms with Crippen LogP contribution in [0.4, 0.5) is 13.2 Å². The summed E-state index contributed by atoms with van der Waals surface area (Å²) in [6.07, 6.45) is 1.49. The first-order valence-corrected chi connectivity index (χ1v) is 5.67. The van der Waals surface area contributed by atoms with Gasteiger partial charge in [0.05, 0.1) is 17.6 Å². The Balaban J connectivity index is 2.26. The molecule has 0 aliphatic carbocycles. The standard InChI is InChI=1S/C13H11F3N4/c1-17-10(5-6-18-9-13(14,15)16)11-8-19-12-4-2-3-7-20(11)12/h2-8H,1,9H2/b10-5-,18-6?. The zero-order chi connectivity index (χ0) is 14.6. The minimum Gasteiger partial charge on any atom is -0.298 e. The highest BCUT2D eigenvalue weighted by Gasteiger charge is 2.25. The Bertz CT molecular complexity index is 668. The molecule has 0 aliphatic heterocycles. The first-order valence-electron chi connectivity index (χ1n) is 5.67. The molecule has 2 rings (SSSR count). The number of rotatable bonds is 4. The fourth-order valence-electron chi connectivity index (χ4n) is 1.62. The second kappa shape index (κ2) is 5.68. The molecule has 0 fully saturated rings. The van der Waals surface area contributed by atoms with Crippen molar-refractivity contribution in [2.45, 2.75) is 6.18 Å². The minimum absolute atomic E-state index is 0.398. The number of pyridine rings is 1. The maximum atomic E-state index is 12.0. The average molecular weight is 280 g/mol. The first kappa shape index (κ1) is 14.0. The van der Waals surface area contributed by atoms with Crippen molar-refractivity contribution in [3.63, 3.8) is 0 Å². The van der Waals surface area contributed by atoms with E-state index in [9.17, 15) is 13.2 Å². The molecular formula is C13H11F3N4. The van der Waals surface area contributed by atoms with Gasteiger partial charge in [0.15, 0.2) is 0 Å². The molecule has 0 amide bonds. The molecular weight excluding hydrogens is 269 g/mol. The van der Waals surface area contributed by atoms with Gasteiger partial charge in [0, 0.05) is 12.4 Å². The maximum absolute atomic E-state index is 12.0. The molecule has 0 N–H and O–H groups in total. The summed E-state index contributed by atoms with van der Waals surface area (Å²) in [5, 5.41) is 0. The Hall–Kier alpha value is -2.44. The molecule has 2 aromatic heterocycles. The molecule has 0 spiro atoms. The smallest absolute Gasteiger partial charge is 0.298 e. The summed E-state index contributed by atoms with van der Waals surface area (Å²) in [4.78, 5) is 11.2. The van der Waals surface area contributed by atoms with Gasteiger partial charge in [0.1, 0.15) is 12.2 Å². The van der Waals surface area contributed by atoms with Crippen molar-refractivity contribution in [3.05, 3.63) is 42.4 Å². The summed E-state index contributed by atoms with van der Waals surface area (Å²) < 4.78 is 37.6. The molecule has 0 saturated carbocycles. The molecule has 2 heterocycles. The molecule has 0 saturated heterocycles. The average Bonchev–Trinajstić information content (AvgIpc) is 2.82. The van der Waals surface area contributed by atoms with Crippen molar-refractivity contribution in [1.29, 1.82) is 0 Å². The Morgan fingerprint density at radius 2 is 2.20 bits per heavy atom. The van der Waals surface area contributed by atoms with E-state index in [2.05, 4.69) is 21.7 Å². The number of aliphatic imine (C=N–C) groups is 2. The Morgan fingerprint density at radius 3 is 2.90 bits per heavy atom. The lowest BCUT2D eigenvalue weighted by molar-refractivity contribution is -0.118. The monoisotopic (exact) mass is 280 g/mol. The van der Waals surface area contributed by atoms with E-state index in [1.54, 1.807) is 16.8 Å². The van der Waals surface area contributed by atoms with Gasteiger partial charge in [-0.25, -0.2) is 4.98 Å². The topological polar surface area (TPSA) is 42.0 Å². The molecule has 7 heteroatoms. The van der Waals surface area contributed by atoms with Crippen LogP contribution in [-0.2, 0) is 0 Å². The van der Waals surface area contributed by atoms with Crippen LogP contribution in [0.25, 0.3) is 11.3 Å². The molecule has 0 atom stereocenters. The van der Waals surface area contributed by atoms with Gasteiger partial charge in [-0.3, -0.25) is 14.4 Å². The lowest BCUT2D eigenvalue weighted by atomic mass is 10.3. The highest BCUT2D eigenvalue weighted by Crippen LogP contribution is 2.17. The van der Waals surface area contributed by atoms with Crippen LogP contribution in [-0.4, -0.2) is 35.0 Å². The SMILES string of the molecule is C=N/C(=C\C=NCC(F)(F)F)c1cnc2ccccn12. The number of aromatic nitrogens is 2. The Labute approximate surface area is 113 Å². The Morgan fingerprint density at radius 1 is 1.40 bits per heavy atom. The van der Waals surface area contributed by atoms with Crippen LogP contribution in [0.15, 0.2) is 46.7 Å². The van der Waals surface area contributed by atoms with Gasteiger partial charge in [-0.05, 0) is 24.9 Å². The van der Waals surface area contributed by atoms with Crippen LogP contribution in [0, 0.1) is 0 Å². The number of fused-ring (bicyclic) bond motifs is 1. The summed E-state index contributed by atoms with van der Waals surface area (Å²) in [5.74, 6) is 0. The van der Waals surface area contributed by atoms with E-state index < -0.39 is 12.7 Å². The number of allylic oxidation sites excluding steroid dienone is 1. The molecule has 20 heavy (non-hydrogen) atoms. The quantitative estimate of drug-likeness (QED) is 0.794. The van der Waals surface area contributed by atoms with Crippen molar-refractivity contribution >= 4 is 24.3 Å². The van der Waals surface area contributed by atoms with Crippen molar-refractivity contribution in [2.24, 2.45) is 9.98 Å². The third kappa shape index (κ3) is 3.31. The molecule has 0 unspecified atom stereocenters. The van der Waals surface area contributed by atoms with E-state index >= 15 is 0 Å². The molecule has 0 aliphatic rings. The number of hydrogen-bond donors (Lipinski definition) is 0. The summed E-state index contributed by atoms with van der Waals surface area (Å²) in [7, 11) is 0. The van der Waals surface area contributed by atoms with Crippen molar-refractivity contribution in [3.8, 4) is 0 Å². The molecule has 4 nitrogen and oxygen atoms in total. The summed E-state index contributed by atoms with van der Waals surface area (Å²) >= 11 is 0. The highest BCUT2D eigenvalue weighted by molar-refractivity contribution is 5.84. The van der Waals surface area contributed by atoms with E-state index in [1.807, 2.05) is 18.2 Å². The fourth-order valence-corrected chi connectivity index (χ4v) is 1.62. The fraction of sp³-hybridized carbons (Fsp3) is 0.154. The first-order chi connectivity index (χ1) is 9.51. The molecule has 2 aromatic rings.